The zero-order valence-corrected chi connectivity index (χ0v) is 16.2. The largest absolute Gasteiger partial charge is 0.325 e. The van der Waals surface area contributed by atoms with Crippen LogP contribution in [-0.4, -0.2) is 30.9 Å². The second kappa shape index (κ2) is 7.55. The highest BCUT2D eigenvalue weighted by atomic mass is 32.2. The van der Waals surface area contributed by atoms with Gasteiger partial charge < -0.3 is 9.88 Å². The van der Waals surface area contributed by atoms with Crippen molar-refractivity contribution >= 4 is 45.4 Å². The van der Waals surface area contributed by atoms with Crippen LogP contribution in [0.25, 0.3) is 22.1 Å². The van der Waals surface area contributed by atoms with Gasteiger partial charge in [0.05, 0.1) is 10.8 Å². The molecule has 0 fully saturated rings. The van der Waals surface area contributed by atoms with Crippen LogP contribution in [0.15, 0.2) is 53.7 Å². The molecule has 0 unspecified atom stereocenters. The molecule has 0 radical (unpaired) electrons. The van der Waals surface area contributed by atoms with Crippen molar-refractivity contribution in [3.05, 3.63) is 54.3 Å². The van der Waals surface area contributed by atoms with Gasteiger partial charge in [0.15, 0.2) is 5.65 Å². The van der Waals surface area contributed by atoms with E-state index in [9.17, 15) is 9.18 Å². The van der Waals surface area contributed by atoms with Crippen molar-refractivity contribution in [1.29, 1.82) is 0 Å². The molecular formula is C20H18FN5OS. The molecule has 28 heavy (non-hydrogen) atoms. The molecule has 1 N–H and O–H groups in total. The molecule has 142 valence electrons. The van der Waals surface area contributed by atoms with Crippen molar-refractivity contribution < 1.29 is 9.18 Å². The summed E-state index contributed by atoms with van der Waals surface area (Å²) in [6.45, 7) is 4.58. The monoisotopic (exact) mass is 395 g/mol. The minimum Gasteiger partial charge on any atom is -0.325 e. The third-order valence-electron chi connectivity index (χ3n) is 4.43. The molecule has 0 saturated heterocycles. The first-order valence-electron chi connectivity index (χ1n) is 8.91. The fourth-order valence-electron chi connectivity index (χ4n) is 3.05. The summed E-state index contributed by atoms with van der Waals surface area (Å²) in [5.41, 5.74) is 3.11. The molecule has 1 amide bonds. The maximum Gasteiger partial charge on any atom is 0.237 e. The summed E-state index contributed by atoms with van der Waals surface area (Å²) in [7, 11) is 0. The van der Waals surface area contributed by atoms with Crippen LogP contribution in [0.3, 0.4) is 0 Å². The lowest BCUT2D eigenvalue weighted by molar-refractivity contribution is -0.115. The molecule has 0 aliphatic heterocycles. The van der Waals surface area contributed by atoms with Crippen molar-refractivity contribution in [2.45, 2.75) is 30.8 Å². The number of para-hydroxylation sites is 1. The van der Waals surface area contributed by atoms with Crippen LogP contribution in [0.2, 0.25) is 0 Å². The number of aromatic nitrogens is 4. The molecule has 0 aliphatic rings. The molecule has 1 atom stereocenters. The maximum atomic E-state index is 13.0. The van der Waals surface area contributed by atoms with E-state index < -0.39 is 5.25 Å². The Hall–Kier alpha value is -3.00. The normalized spacial score (nSPS) is 12.4. The first-order valence-corrected chi connectivity index (χ1v) is 9.79. The highest BCUT2D eigenvalue weighted by Gasteiger charge is 2.19. The smallest absolute Gasteiger partial charge is 0.237 e. The van der Waals surface area contributed by atoms with Crippen LogP contribution in [-0.2, 0) is 11.3 Å². The molecule has 2 aromatic carbocycles. The molecule has 6 nitrogen and oxygen atoms in total. The fraction of sp³-hybridized carbons (Fsp3) is 0.200. The van der Waals surface area contributed by atoms with E-state index in [4.69, 9.17) is 0 Å². The van der Waals surface area contributed by atoms with Gasteiger partial charge in [0.25, 0.3) is 0 Å². The Morgan fingerprint density at radius 1 is 1.18 bits per heavy atom. The molecule has 8 heteroatoms. The van der Waals surface area contributed by atoms with Crippen molar-refractivity contribution in [2.75, 3.05) is 5.32 Å². The number of rotatable bonds is 5. The number of fused-ring (bicyclic) bond motifs is 3. The summed E-state index contributed by atoms with van der Waals surface area (Å²) in [6, 6.07) is 13.6. The Morgan fingerprint density at radius 3 is 2.68 bits per heavy atom. The van der Waals surface area contributed by atoms with Gasteiger partial charge in [-0.2, -0.15) is 0 Å². The zero-order valence-electron chi connectivity index (χ0n) is 15.4. The first-order chi connectivity index (χ1) is 13.6. The summed E-state index contributed by atoms with van der Waals surface area (Å²) in [6.07, 6.45) is 0. The Morgan fingerprint density at radius 2 is 1.93 bits per heavy atom. The van der Waals surface area contributed by atoms with Gasteiger partial charge in [0.2, 0.25) is 11.1 Å². The average molecular weight is 395 g/mol. The number of carbonyl (C=O) groups is 1. The SMILES string of the molecule is CCn1c2ccccc2c2nnc(S[C@H](C)C(=O)Nc3ccc(F)cc3)nc21. The highest BCUT2D eigenvalue weighted by Crippen LogP contribution is 2.28. The zero-order chi connectivity index (χ0) is 19.7. The summed E-state index contributed by atoms with van der Waals surface area (Å²) in [5, 5.41) is 12.3. The number of carbonyl (C=O) groups excluding carboxylic acids is 1. The third-order valence-corrected chi connectivity index (χ3v) is 5.39. The van der Waals surface area contributed by atoms with Crippen molar-refractivity contribution in [2.24, 2.45) is 0 Å². The lowest BCUT2D eigenvalue weighted by Gasteiger charge is -2.11. The van der Waals surface area contributed by atoms with Gasteiger partial charge in [-0.25, -0.2) is 9.37 Å². The summed E-state index contributed by atoms with van der Waals surface area (Å²) >= 11 is 1.23. The summed E-state index contributed by atoms with van der Waals surface area (Å²) < 4.78 is 15.1. The number of halogens is 1. The Kier molecular flexibility index (Phi) is 4.95. The van der Waals surface area contributed by atoms with Gasteiger partial charge in [-0.1, -0.05) is 30.0 Å². The highest BCUT2D eigenvalue weighted by molar-refractivity contribution is 8.00. The van der Waals surface area contributed by atoms with Crippen LogP contribution >= 0.6 is 11.8 Å². The van der Waals surface area contributed by atoms with E-state index >= 15 is 0 Å². The van der Waals surface area contributed by atoms with E-state index in [-0.39, 0.29) is 11.7 Å². The molecule has 4 aromatic rings. The summed E-state index contributed by atoms with van der Waals surface area (Å²) in [4.78, 5) is 17.1. The van der Waals surface area contributed by atoms with Gasteiger partial charge in [0, 0.05) is 17.6 Å². The van der Waals surface area contributed by atoms with Crippen LogP contribution < -0.4 is 5.32 Å². The number of thioether (sulfide) groups is 1. The molecule has 0 bridgehead atoms. The number of amides is 1. The number of hydrogen-bond acceptors (Lipinski definition) is 5. The quantitative estimate of drug-likeness (QED) is 0.511. The van der Waals surface area contributed by atoms with Crippen LogP contribution in [0, 0.1) is 5.82 Å². The average Bonchev–Trinajstić information content (AvgIpc) is 3.02. The van der Waals surface area contributed by atoms with Gasteiger partial charge in [-0.3, -0.25) is 4.79 Å². The lowest BCUT2D eigenvalue weighted by atomic mass is 10.2. The van der Waals surface area contributed by atoms with E-state index in [1.165, 1.54) is 36.0 Å². The molecule has 0 aliphatic carbocycles. The van der Waals surface area contributed by atoms with E-state index in [0.29, 0.717) is 10.8 Å². The van der Waals surface area contributed by atoms with E-state index in [2.05, 4.69) is 32.0 Å². The van der Waals surface area contributed by atoms with Crippen molar-refractivity contribution in [3.8, 4) is 0 Å². The van der Waals surface area contributed by atoms with E-state index in [1.54, 1.807) is 6.92 Å². The Bertz CT molecular complexity index is 1160. The lowest BCUT2D eigenvalue weighted by Crippen LogP contribution is -2.22. The van der Waals surface area contributed by atoms with Gasteiger partial charge in [-0.05, 0) is 44.2 Å². The van der Waals surface area contributed by atoms with Crippen molar-refractivity contribution in [1.82, 2.24) is 19.7 Å². The molecule has 4 rings (SSSR count). The van der Waals surface area contributed by atoms with Crippen LogP contribution in [0.4, 0.5) is 10.1 Å². The van der Waals surface area contributed by atoms with Gasteiger partial charge in [0.1, 0.15) is 11.3 Å². The predicted molar refractivity (Wildman–Crippen MR) is 109 cm³/mol. The number of hydrogen-bond donors (Lipinski definition) is 1. The van der Waals surface area contributed by atoms with Crippen molar-refractivity contribution in [3.63, 3.8) is 0 Å². The topological polar surface area (TPSA) is 72.7 Å². The number of nitrogens with zero attached hydrogens (tertiary/aromatic N) is 4. The number of anilines is 1. The Balaban J connectivity index is 1.58. The summed E-state index contributed by atoms with van der Waals surface area (Å²) in [5.74, 6) is -0.559. The van der Waals surface area contributed by atoms with Gasteiger partial charge in [-0.15, -0.1) is 10.2 Å². The second-order valence-corrected chi connectivity index (χ2v) is 7.59. The first kappa shape index (κ1) is 18.4. The van der Waals surface area contributed by atoms with Crippen LogP contribution in [0.5, 0.6) is 0 Å². The number of nitrogens with one attached hydrogen (secondary N) is 1. The van der Waals surface area contributed by atoms with E-state index in [1.807, 2.05) is 24.3 Å². The molecule has 2 aromatic heterocycles. The fourth-order valence-corrected chi connectivity index (χ4v) is 3.76. The maximum absolute atomic E-state index is 13.0. The van der Waals surface area contributed by atoms with E-state index in [0.717, 1.165) is 28.6 Å². The number of benzene rings is 2. The molecule has 0 saturated carbocycles. The third kappa shape index (κ3) is 3.43. The second-order valence-electron chi connectivity index (χ2n) is 6.28. The Labute approximate surface area is 165 Å². The molecular weight excluding hydrogens is 377 g/mol. The minimum absolute atomic E-state index is 0.212. The molecule has 0 spiro atoms. The van der Waals surface area contributed by atoms with Crippen LogP contribution in [0.1, 0.15) is 13.8 Å². The standard InChI is InChI=1S/C20H18FN5OS/c1-3-26-16-7-5-4-6-15(16)17-18(26)23-20(25-24-17)28-12(2)19(27)22-14-10-8-13(21)9-11-14/h4-12H,3H2,1-2H3,(H,22,27)/t12-/m1/s1. The number of aryl methyl sites for hydroxylation is 1. The molecule has 2 heterocycles. The predicted octanol–water partition coefficient (Wildman–Crippen LogP) is 4.26. The minimum atomic E-state index is -0.441. The van der Waals surface area contributed by atoms with Gasteiger partial charge >= 0.3 is 0 Å².